The molecular formula is C18H16O2. The fraction of sp³-hybridized carbons (Fsp3) is 0.111. The van der Waals surface area contributed by atoms with E-state index >= 15 is 0 Å². The SMILES string of the molecule is Cc1ccc(C2=CC=C(c3ccc(C)cc3)OO2)cc1. The van der Waals surface area contributed by atoms with Gasteiger partial charge in [0.2, 0.25) is 0 Å². The van der Waals surface area contributed by atoms with Crippen LogP contribution in [0.25, 0.3) is 11.5 Å². The van der Waals surface area contributed by atoms with Crippen molar-refractivity contribution in [1.82, 2.24) is 0 Å². The summed E-state index contributed by atoms with van der Waals surface area (Å²) in [6.07, 6.45) is 3.87. The predicted octanol–water partition coefficient (Wildman–Crippen LogP) is 4.65. The summed E-state index contributed by atoms with van der Waals surface area (Å²) in [5.41, 5.74) is 4.47. The lowest BCUT2D eigenvalue weighted by Crippen LogP contribution is -2.00. The van der Waals surface area contributed by atoms with Crippen molar-refractivity contribution < 1.29 is 9.78 Å². The molecule has 0 amide bonds. The van der Waals surface area contributed by atoms with Crippen LogP contribution in [0.1, 0.15) is 22.3 Å². The Bertz CT molecular complexity index is 600. The van der Waals surface area contributed by atoms with Gasteiger partial charge in [-0.15, -0.1) is 0 Å². The van der Waals surface area contributed by atoms with E-state index in [2.05, 4.69) is 38.1 Å². The van der Waals surface area contributed by atoms with Crippen molar-refractivity contribution in [3.63, 3.8) is 0 Å². The minimum Gasteiger partial charge on any atom is -0.289 e. The summed E-state index contributed by atoms with van der Waals surface area (Å²) in [6, 6.07) is 16.3. The molecule has 0 aromatic heterocycles. The molecule has 0 saturated carbocycles. The van der Waals surface area contributed by atoms with Gasteiger partial charge in [0, 0.05) is 11.1 Å². The van der Waals surface area contributed by atoms with E-state index in [0.29, 0.717) is 0 Å². The highest BCUT2D eigenvalue weighted by atomic mass is 17.2. The van der Waals surface area contributed by atoms with Gasteiger partial charge < -0.3 is 0 Å². The quantitative estimate of drug-likeness (QED) is 0.735. The normalized spacial score (nSPS) is 13.9. The average Bonchev–Trinajstić information content (AvgIpc) is 2.49. The fourth-order valence-corrected chi connectivity index (χ4v) is 2.02. The predicted molar refractivity (Wildman–Crippen MR) is 80.5 cm³/mol. The lowest BCUT2D eigenvalue weighted by Gasteiger charge is -2.15. The monoisotopic (exact) mass is 264 g/mol. The van der Waals surface area contributed by atoms with Crippen LogP contribution in [0.5, 0.6) is 0 Å². The summed E-state index contributed by atoms with van der Waals surface area (Å²) in [4.78, 5) is 10.8. The second-order valence-electron chi connectivity index (χ2n) is 4.96. The number of allylic oxidation sites excluding steroid dienone is 2. The highest BCUT2D eigenvalue weighted by molar-refractivity contribution is 5.69. The van der Waals surface area contributed by atoms with Crippen molar-refractivity contribution >= 4 is 11.5 Å². The van der Waals surface area contributed by atoms with Crippen LogP contribution in [0.15, 0.2) is 60.7 Å². The van der Waals surface area contributed by atoms with Gasteiger partial charge in [-0.3, -0.25) is 9.78 Å². The van der Waals surface area contributed by atoms with Crippen LogP contribution in [-0.4, -0.2) is 0 Å². The first-order chi connectivity index (χ1) is 9.72. The molecule has 2 aromatic rings. The molecule has 100 valence electrons. The van der Waals surface area contributed by atoms with E-state index in [4.69, 9.17) is 9.78 Å². The molecule has 0 fully saturated rings. The minimum atomic E-state index is 0.723. The van der Waals surface area contributed by atoms with Gasteiger partial charge in [-0.1, -0.05) is 59.7 Å². The molecule has 0 spiro atoms. The second-order valence-corrected chi connectivity index (χ2v) is 4.96. The van der Waals surface area contributed by atoms with Gasteiger partial charge in [-0.05, 0) is 26.0 Å². The molecule has 0 N–H and O–H groups in total. The lowest BCUT2D eigenvalue weighted by atomic mass is 10.1. The Labute approximate surface area is 118 Å². The Morgan fingerprint density at radius 2 is 0.900 bits per heavy atom. The number of benzene rings is 2. The molecule has 2 heteroatoms. The molecule has 20 heavy (non-hydrogen) atoms. The van der Waals surface area contributed by atoms with Crippen molar-refractivity contribution in [3.8, 4) is 0 Å². The summed E-state index contributed by atoms with van der Waals surface area (Å²) in [5, 5.41) is 0. The molecule has 0 aliphatic carbocycles. The van der Waals surface area contributed by atoms with Crippen LogP contribution in [0, 0.1) is 13.8 Å². The van der Waals surface area contributed by atoms with Crippen LogP contribution in [-0.2, 0) is 9.78 Å². The Morgan fingerprint density at radius 3 is 1.20 bits per heavy atom. The molecule has 0 unspecified atom stereocenters. The van der Waals surface area contributed by atoms with E-state index in [0.717, 1.165) is 22.6 Å². The highest BCUT2D eigenvalue weighted by Crippen LogP contribution is 2.27. The summed E-state index contributed by atoms with van der Waals surface area (Å²) in [6.45, 7) is 4.12. The van der Waals surface area contributed by atoms with Crippen molar-refractivity contribution in [3.05, 3.63) is 82.9 Å². The van der Waals surface area contributed by atoms with Gasteiger partial charge in [0.15, 0.2) is 11.5 Å². The van der Waals surface area contributed by atoms with Crippen LogP contribution < -0.4 is 0 Å². The first-order valence-corrected chi connectivity index (χ1v) is 6.63. The Kier molecular flexibility index (Phi) is 3.30. The Balaban J connectivity index is 1.85. The summed E-state index contributed by atoms with van der Waals surface area (Å²) in [7, 11) is 0. The van der Waals surface area contributed by atoms with Crippen molar-refractivity contribution in [1.29, 1.82) is 0 Å². The summed E-state index contributed by atoms with van der Waals surface area (Å²) >= 11 is 0. The molecule has 2 aromatic carbocycles. The van der Waals surface area contributed by atoms with Crippen LogP contribution >= 0.6 is 0 Å². The van der Waals surface area contributed by atoms with Gasteiger partial charge in [0.1, 0.15) is 0 Å². The molecular weight excluding hydrogens is 248 g/mol. The first-order valence-electron chi connectivity index (χ1n) is 6.63. The standard InChI is InChI=1S/C18H16O2/c1-13-3-7-15(8-4-13)17-11-12-18(20-19-17)16-9-5-14(2)6-10-16/h3-12H,1-2H3. The molecule has 0 saturated heterocycles. The van der Waals surface area contributed by atoms with Crippen LogP contribution in [0.4, 0.5) is 0 Å². The third kappa shape index (κ3) is 2.59. The Hall–Kier alpha value is -2.48. The lowest BCUT2D eigenvalue weighted by molar-refractivity contribution is -0.166. The maximum Gasteiger partial charge on any atom is 0.185 e. The van der Waals surface area contributed by atoms with E-state index in [-0.39, 0.29) is 0 Å². The zero-order valence-electron chi connectivity index (χ0n) is 11.6. The largest absolute Gasteiger partial charge is 0.289 e. The van der Waals surface area contributed by atoms with Gasteiger partial charge in [-0.2, -0.15) is 0 Å². The number of aryl methyl sites for hydroxylation is 2. The van der Waals surface area contributed by atoms with E-state index < -0.39 is 0 Å². The van der Waals surface area contributed by atoms with E-state index in [1.54, 1.807) is 0 Å². The summed E-state index contributed by atoms with van der Waals surface area (Å²) in [5.74, 6) is 1.45. The molecule has 0 atom stereocenters. The maximum absolute atomic E-state index is 5.39. The van der Waals surface area contributed by atoms with Gasteiger partial charge >= 0.3 is 0 Å². The van der Waals surface area contributed by atoms with Crippen molar-refractivity contribution in [2.75, 3.05) is 0 Å². The maximum atomic E-state index is 5.39. The first kappa shape index (κ1) is 12.5. The molecule has 3 rings (SSSR count). The third-order valence-corrected chi connectivity index (χ3v) is 3.28. The number of hydrogen-bond acceptors (Lipinski definition) is 2. The average molecular weight is 264 g/mol. The molecule has 1 aliphatic heterocycles. The molecule has 1 aliphatic rings. The van der Waals surface area contributed by atoms with Gasteiger partial charge in [0.25, 0.3) is 0 Å². The third-order valence-electron chi connectivity index (χ3n) is 3.28. The fourth-order valence-electron chi connectivity index (χ4n) is 2.02. The van der Waals surface area contributed by atoms with Crippen LogP contribution in [0.3, 0.4) is 0 Å². The molecule has 2 nitrogen and oxygen atoms in total. The highest BCUT2D eigenvalue weighted by Gasteiger charge is 2.12. The smallest absolute Gasteiger partial charge is 0.185 e. The second kappa shape index (κ2) is 5.25. The van der Waals surface area contributed by atoms with Crippen molar-refractivity contribution in [2.24, 2.45) is 0 Å². The van der Waals surface area contributed by atoms with E-state index in [1.807, 2.05) is 36.4 Å². The Morgan fingerprint density at radius 1 is 0.550 bits per heavy atom. The van der Waals surface area contributed by atoms with Crippen molar-refractivity contribution in [2.45, 2.75) is 13.8 Å². The van der Waals surface area contributed by atoms with Gasteiger partial charge in [-0.25, -0.2) is 0 Å². The molecule has 1 heterocycles. The van der Waals surface area contributed by atoms with Gasteiger partial charge in [0.05, 0.1) is 0 Å². The number of rotatable bonds is 2. The van der Waals surface area contributed by atoms with E-state index in [1.165, 1.54) is 11.1 Å². The molecule has 0 radical (unpaired) electrons. The summed E-state index contributed by atoms with van der Waals surface area (Å²) < 4.78 is 0. The zero-order chi connectivity index (χ0) is 13.9. The van der Waals surface area contributed by atoms with E-state index in [9.17, 15) is 0 Å². The zero-order valence-corrected chi connectivity index (χ0v) is 11.6. The molecule has 0 bridgehead atoms. The number of hydrogen-bond donors (Lipinski definition) is 0. The minimum absolute atomic E-state index is 0.723. The topological polar surface area (TPSA) is 18.5 Å². The van der Waals surface area contributed by atoms with Crippen LogP contribution in [0.2, 0.25) is 0 Å².